The number of nitrogens with two attached hydrogens (primary N) is 1. The number of carbonyl (C=O) groups excluding carboxylic acids is 1. The summed E-state index contributed by atoms with van der Waals surface area (Å²) in [4.78, 5) is 19.4. The minimum absolute atomic E-state index is 0.0626. The van der Waals surface area contributed by atoms with E-state index in [1.54, 1.807) is 30.6 Å². The number of nitrogen functional groups attached to an aromatic ring is 1. The van der Waals surface area contributed by atoms with Gasteiger partial charge in [-0.2, -0.15) is 0 Å². The monoisotopic (exact) mass is 273 g/mol. The van der Waals surface area contributed by atoms with Crippen LogP contribution in [0, 0.1) is 0 Å². The molecule has 0 amide bonds. The molecule has 0 unspecified atom stereocenters. The molecule has 2 aromatic rings. The lowest BCUT2D eigenvalue weighted by Crippen LogP contribution is -2.11. The lowest BCUT2D eigenvalue weighted by Gasteiger charge is -2.08. The first kappa shape index (κ1) is 13.8. The van der Waals surface area contributed by atoms with Crippen LogP contribution in [0.3, 0.4) is 0 Å². The van der Waals surface area contributed by atoms with E-state index in [0.29, 0.717) is 17.3 Å². The summed E-state index contributed by atoms with van der Waals surface area (Å²) in [5, 5.41) is 0. The number of ether oxygens (including phenoxy) is 2. The predicted octanol–water partition coefficient (Wildman–Crippen LogP) is 1.57. The van der Waals surface area contributed by atoms with Crippen LogP contribution in [0.15, 0.2) is 42.7 Å². The number of rotatable bonds is 6. The minimum Gasteiger partial charge on any atom is -0.491 e. The zero-order chi connectivity index (χ0) is 14.2. The molecule has 20 heavy (non-hydrogen) atoms. The number of hydrogen-bond donors (Lipinski definition) is 1. The van der Waals surface area contributed by atoms with E-state index in [0.717, 1.165) is 0 Å². The molecule has 0 aliphatic rings. The Kier molecular flexibility index (Phi) is 4.88. The third-order valence-corrected chi connectivity index (χ3v) is 2.46. The van der Waals surface area contributed by atoms with Crippen LogP contribution in [0.4, 0.5) is 5.69 Å². The standard InChI is InChI=1S/C14H15N3O3/c15-11-4-1-2-5-12(11)19-9-6-14(18)20-10-13-16-7-3-8-17-13/h1-5,7-8H,6,9-10,15H2. The van der Waals surface area contributed by atoms with Crippen LogP contribution in [-0.2, 0) is 16.1 Å². The number of para-hydroxylation sites is 2. The quantitative estimate of drug-likeness (QED) is 0.635. The lowest BCUT2D eigenvalue weighted by atomic mass is 10.3. The van der Waals surface area contributed by atoms with Gasteiger partial charge < -0.3 is 15.2 Å². The van der Waals surface area contributed by atoms with Gasteiger partial charge in [0.05, 0.1) is 18.7 Å². The Morgan fingerprint density at radius 3 is 2.65 bits per heavy atom. The van der Waals surface area contributed by atoms with Crippen molar-refractivity contribution in [3.63, 3.8) is 0 Å². The van der Waals surface area contributed by atoms with E-state index in [-0.39, 0.29) is 25.6 Å². The van der Waals surface area contributed by atoms with Crippen LogP contribution in [0.25, 0.3) is 0 Å². The summed E-state index contributed by atoms with van der Waals surface area (Å²) in [7, 11) is 0. The van der Waals surface area contributed by atoms with E-state index < -0.39 is 0 Å². The Hall–Kier alpha value is -2.63. The first-order valence-corrected chi connectivity index (χ1v) is 6.14. The molecule has 1 aromatic heterocycles. The number of hydrogen-bond acceptors (Lipinski definition) is 6. The van der Waals surface area contributed by atoms with Crippen LogP contribution in [-0.4, -0.2) is 22.5 Å². The molecule has 0 fully saturated rings. The average Bonchev–Trinajstić information content (AvgIpc) is 2.48. The van der Waals surface area contributed by atoms with Crippen molar-refractivity contribution in [1.82, 2.24) is 9.97 Å². The summed E-state index contributed by atoms with van der Waals surface area (Å²) in [5.74, 6) is 0.660. The molecule has 2 rings (SSSR count). The maximum absolute atomic E-state index is 11.5. The highest BCUT2D eigenvalue weighted by atomic mass is 16.5. The molecule has 0 bridgehead atoms. The maximum atomic E-state index is 11.5. The molecule has 0 spiro atoms. The van der Waals surface area contributed by atoms with Crippen LogP contribution >= 0.6 is 0 Å². The number of esters is 1. The number of benzene rings is 1. The van der Waals surface area contributed by atoms with Crippen LogP contribution in [0.2, 0.25) is 0 Å². The van der Waals surface area contributed by atoms with Crippen molar-refractivity contribution in [2.24, 2.45) is 0 Å². The van der Waals surface area contributed by atoms with Crippen LogP contribution in [0.5, 0.6) is 5.75 Å². The number of anilines is 1. The zero-order valence-corrected chi connectivity index (χ0v) is 10.9. The highest BCUT2D eigenvalue weighted by molar-refractivity contribution is 5.69. The summed E-state index contributed by atoms with van der Waals surface area (Å²) >= 11 is 0. The van der Waals surface area contributed by atoms with Crippen molar-refractivity contribution in [1.29, 1.82) is 0 Å². The van der Waals surface area contributed by atoms with Gasteiger partial charge in [0.2, 0.25) is 0 Å². The molecule has 0 saturated carbocycles. The van der Waals surface area contributed by atoms with Crippen molar-refractivity contribution in [2.75, 3.05) is 12.3 Å². The molecule has 2 N–H and O–H groups in total. The smallest absolute Gasteiger partial charge is 0.309 e. The molecular formula is C14H15N3O3. The molecule has 0 aliphatic carbocycles. The molecule has 6 heteroatoms. The van der Waals surface area contributed by atoms with E-state index in [1.165, 1.54) is 0 Å². The average molecular weight is 273 g/mol. The van der Waals surface area contributed by atoms with Crippen molar-refractivity contribution in [3.8, 4) is 5.75 Å². The van der Waals surface area contributed by atoms with Crippen molar-refractivity contribution < 1.29 is 14.3 Å². The van der Waals surface area contributed by atoms with E-state index >= 15 is 0 Å². The van der Waals surface area contributed by atoms with Gasteiger partial charge in [-0.3, -0.25) is 4.79 Å². The van der Waals surface area contributed by atoms with E-state index in [1.807, 2.05) is 12.1 Å². The first-order valence-electron chi connectivity index (χ1n) is 6.14. The van der Waals surface area contributed by atoms with Gasteiger partial charge in [-0.15, -0.1) is 0 Å². The van der Waals surface area contributed by atoms with Gasteiger partial charge in [0.15, 0.2) is 12.4 Å². The normalized spacial score (nSPS) is 10.0. The fourth-order valence-electron chi connectivity index (χ4n) is 1.48. The van der Waals surface area contributed by atoms with Crippen molar-refractivity contribution in [3.05, 3.63) is 48.5 Å². The van der Waals surface area contributed by atoms with Gasteiger partial charge in [-0.1, -0.05) is 12.1 Å². The fourth-order valence-corrected chi connectivity index (χ4v) is 1.48. The highest BCUT2D eigenvalue weighted by Crippen LogP contribution is 2.19. The molecule has 1 heterocycles. The SMILES string of the molecule is Nc1ccccc1OCCC(=O)OCc1ncccn1. The minimum atomic E-state index is -0.369. The molecule has 0 saturated heterocycles. The number of aromatic nitrogens is 2. The Morgan fingerprint density at radius 2 is 1.90 bits per heavy atom. The van der Waals surface area contributed by atoms with Gasteiger partial charge in [-0.25, -0.2) is 9.97 Å². The van der Waals surface area contributed by atoms with Crippen LogP contribution < -0.4 is 10.5 Å². The second-order valence-corrected chi connectivity index (χ2v) is 3.96. The number of nitrogens with zero attached hydrogens (tertiary/aromatic N) is 2. The predicted molar refractivity (Wildman–Crippen MR) is 72.8 cm³/mol. The number of carbonyl (C=O) groups is 1. The second kappa shape index (κ2) is 7.08. The Bertz CT molecular complexity index is 561. The summed E-state index contributed by atoms with van der Waals surface area (Å²) in [6, 6.07) is 8.81. The summed E-state index contributed by atoms with van der Waals surface area (Å²) in [5.41, 5.74) is 6.25. The maximum Gasteiger partial charge on any atom is 0.309 e. The van der Waals surface area contributed by atoms with Gasteiger partial charge in [0.1, 0.15) is 5.75 Å². The largest absolute Gasteiger partial charge is 0.491 e. The molecule has 0 radical (unpaired) electrons. The van der Waals surface area contributed by atoms with Gasteiger partial charge in [0.25, 0.3) is 0 Å². The fraction of sp³-hybridized carbons (Fsp3) is 0.214. The molecule has 6 nitrogen and oxygen atoms in total. The molecule has 0 atom stereocenters. The first-order chi connectivity index (χ1) is 9.75. The lowest BCUT2D eigenvalue weighted by molar-refractivity contribution is -0.145. The van der Waals surface area contributed by atoms with Gasteiger partial charge in [-0.05, 0) is 18.2 Å². The molecule has 1 aromatic carbocycles. The topological polar surface area (TPSA) is 87.3 Å². The third-order valence-electron chi connectivity index (χ3n) is 2.46. The second-order valence-electron chi connectivity index (χ2n) is 3.96. The molecule has 104 valence electrons. The van der Waals surface area contributed by atoms with Gasteiger partial charge in [0, 0.05) is 12.4 Å². The van der Waals surface area contributed by atoms with E-state index in [4.69, 9.17) is 15.2 Å². The van der Waals surface area contributed by atoms with Crippen LogP contribution in [0.1, 0.15) is 12.2 Å². The molecule has 0 aliphatic heterocycles. The third kappa shape index (κ3) is 4.24. The van der Waals surface area contributed by atoms with E-state index in [2.05, 4.69) is 9.97 Å². The van der Waals surface area contributed by atoms with Crippen molar-refractivity contribution >= 4 is 11.7 Å². The Labute approximate surface area is 116 Å². The summed E-state index contributed by atoms with van der Waals surface area (Å²) in [6.07, 6.45) is 3.33. The summed E-state index contributed by atoms with van der Waals surface area (Å²) in [6.45, 7) is 0.274. The Morgan fingerprint density at radius 1 is 1.15 bits per heavy atom. The van der Waals surface area contributed by atoms with Crippen molar-refractivity contribution in [2.45, 2.75) is 13.0 Å². The zero-order valence-electron chi connectivity index (χ0n) is 10.9. The van der Waals surface area contributed by atoms with E-state index in [9.17, 15) is 4.79 Å². The highest BCUT2D eigenvalue weighted by Gasteiger charge is 2.06. The van der Waals surface area contributed by atoms with Gasteiger partial charge >= 0.3 is 5.97 Å². The Balaban J connectivity index is 1.69. The molecular weight excluding hydrogens is 258 g/mol. The summed E-state index contributed by atoms with van der Waals surface area (Å²) < 4.78 is 10.4.